The number of carbonyl (C=O) groups excluding carboxylic acids is 1. The van der Waals surface area contributed by atoms with E-state index in [9.17, 15) is 9.90 Å². The number of halogens is 1. The van der Waals surface area contributed by atoms with E-state index in [2.05, 4.69) is 15.9 Å². The molecule has 106 valence electrons. The molecule has 1 fully saturated rings. The summed E-state index contributed by atoms with van der Waals surface area (Å²) in [7, 11) is 0. The SMILES string of the molecule is Cc1cc(C(=O)COC(O)C2CCCCC2)sc1Br. The predicted molar refractivity (Wildman–Crippen MR) is 79.6 cm³/mol. The highest BCUT2D eigenvalue weighted by molar-refractivity contribution is 9.11. The van der Waals surface area contributed by atoms with Crippen LogP contribution in [0.3, 0.4) is 0 Å². The van der Waals surface area contributed by atoms with Crippen molar-refractivity contribution in [1.29, 1.82) is 0 Å². The van der Waals surface area contributed by atoms with Gasteiger partial charge in [-0.05, 0) is 47.3 Å². The van der Waals surface area contributed by atoms with Gasteiger partial charge in [0, 0.05) is 5.92 Å². The van der Waals surface area contributed by atoms with Crippen LogP contribution in [0.4, 0.5) is 0 Å². The number of hydrogen-bond donors (Lipinski definition) is 1. The smallest absolute Gasteiger partial charge is 0.198 e. The molecule has 1 saturated carbocycles. The van der Waals surface area contributed by atoms with Crippen LogP contribution in [0.5, 0.6) is 0 Å². The molecule has 1 heterocycles. The maximum atomic E-state index is 12.0. The van der Waals surface area contributed by atoms with Crippen molar-refractivity contribution < 1.29 is 14.6 Å². The van der Waals surface area contributed by atoms with E-state index in [1.54, 1.807) is 0 Å². The zero-order valence-corrected chi connectivity index (χ0v) is 13.4. The van der Waals surface area contributed by atoms with Crippen molar-refractivity contribution in [3.05, 3.63) is 20.3 Å². The molecule has 1 aromatic heterocycles. The number of aliphatic hydroxyl groups excluding tert-OH is 1. The van der Waals surface area contributed by atoms with Gasteiger partial charge >= 0.3 is 0 Å². The zero-order chi connectivity index (χ0) is 13.8. The maximum absolute atomic E-state index is 12.0. The van der Waals surface area contributed by atoms with Crippen LogP contribution in [0.25, 0.3) is 0 Å². The minimum atomic E-state index is -0.797. The number of rotatable bonds is 5. The molecule has 3 nitrogen and oxygen atoms in total. The monoisotopic (exact) mass is 346 g/mol. The molecule has 0 radical (unpaired) electrons. The first kappa shape index (κ1) is 15.2. The molecule has 2 rings (SSSR count). The first-order chi connectivity index (χ1) is 9.08. The van der Waals surface area contributed by atoms with E-state index < -0.39 is 6.29 Å². The number of carbonyl (C=O) groups is 1. The summed E-state index contributed by atoms with van der Waals surface area (Å²) < 4.78 is 6.32. The average molecular weight is 347 g/mol. The minimum Gasteiger partial charge on any atom is -0.368 e. The van der Waals surface area contributed by atoms with Gasteiger partial charge in [0.25, 0.3) is 0 Å². The summed E-state index contributed by atoms with van der Waals surface area (Å²) in [5.41, 5.74) is 1.06. The van der Waals surface area contributed by atoms with Crippen LogP contribution in [-0.2, 0) is 4.74 Å². The molecule has 1 unspecified atom stereocenters. The molecule has 1 atom stereocenters. The molecule has 0 saturated heterocycles. The second kappa shape index (κ2) is 6.97. The zero-order valence-electron chi connectivity index (χ0n) is 11.0. The highest BCUT2D eigenvalue weighted by Gasteiger charge is 2.23. The fourth-order valence-corrected chi connectivity index (χ4v) is 3.84. The van der Waals surface area contributed by atoms with Gasteiger partial charge in [0.1, 0.15) is 6.61 Å². The number of hydrogen-bond acceptors (Lipinski definition) is 4. The highest BCUT2D eigenvalue weighted by Crippen LogP contribution is 2.29. The third-order valence-electron chi connectivity index (χ3n) is 3.57. The van der Waals surface area contributed by atoms with E-state index in [0.717, 1.165) is 35.0 Å². The first-order valence-corrected chi connectivity index (χ1v) is 8.27. The lowest BCUT2D eigenvalue weighted by Gasteiger charge is -2.26. The number of Topliss-reactive ketones (excluding diaryl/α,β-unsaturated/α-hetero) is 1. The van der Waals surface area contributed by atoms with E-state index in [-0.39, 0.29) is 18.3 Å². The fraction of sp³-hybridized carbons (Fsp3) is 0.643. The molecule has 1 aromatic rings. The van der Waals surface area contributed by atoms with Gasteiger partial charge in [-0.25, -0.2) is 0 Å². The van der Waals surface area contributed by atoms with Crippen molar-refractivity contribution >= 4 is 33.0 Å². The number of thiophene rings is 1. The number of ether oxygens (including phenoxy) is 1. The summed E-state index contributed by atoms with van der Waals surface area (Å²) in [5, 5.41) is 9.95. The van der Waals surface area contributed by atoms with Crippen LogP contribution in [0.15, 0.2) is 9.85 Å². The molecule has 0 spiro atoms. The van der Waals surface area contributed by atoms with Crippen LogP contribution in [0.2, 0.25) is 0 Å². The van der Waals surface area contributed by atoms with Gasteiger partial charge < -0.3 is 9.84 Å². The Hall–Kier alpha value is -0.230. The lowest BCUT2D eigenvalue weighted by molar-refractivity contribution is -0.132. The molecule has 1 N–H and O–H groups in total. The summed E-state index contributed by atoms with van der Waals surface area (Å²) in [6, 6.07) is 1.85. The van der Waals surface area contributed by atoms with E-state index >= 15 is 0 Å². The van der Waals surface area contributed by atoms with Gasteiger partial charge in [0.15, 0.2) is 12.1 Å². The molecule has 0 aliphatic heterocycles. The molecular weight excluding hydrogens is 328 g/mol. The topological polar surface area (TPSA) is 46.5 Å². The Kier molecular flexibility index (Phi) is 5.57. The molecule has 5 heteroatoms. The lowest BCUT2D eigenvalue weighted by atomic mass is 9.89. The number of aryl methyl sites for hydroxylation is 1. The van der Waals surface area contributed by atoms with Crippen molar-refractivity contribution in [2.24, 2.45) is 5.92 Å². The molecule has 0 aromatic carbocycles. The molecule has 1 aliphatic carbocycles. The quantitative estimate of drug-likeness (QED) is 0.649. The minimum absolute atomic E-state index is 0.0376. The molecular formula is C14H19BrO3S. The summed E-state index contributed by atoms with van der Waals surface area (Å²) >= 11 is 4.82. The van der Waals surface area contributed by atoms with Crippen molar-refractivity contribution in [2.75, 3.05) is 6.61 Å². The van der Waals surface area contributed by atoms with Crippen molar-refractivity contribution in [1.82, 2.24) is 0 Å². The Balaban J connectivity index is 1.82. The normalized spacial score (nSPS) is 18.5. The Bertz CT molecular complexity index is 418. The summed E-state index contributed by atoms with van der Waals surface area (Å²) in [6.45, 7) is 1.92. The van der Waals surface area contributed by atoms with E-state index in [1.165, 1.54) is 17.8 Å². The van der Waals surface area contributed by atoms with Crippen molar-refractivity contribution in [2.45, 2.75) is 45.3 Å². The third-order valence-corrected chi connectivity index (χ3v) is 5.75. The highest BCUT2D eigenvalue weighted by atomic mass is 79.9. The Morgan fingerprint density at radius 3 is 2.79 bits per heavy atom. The molecule has 19 heavy (non-hydrogen) atoms. The second-order valence-corrected chi connectivity index (χ2v) is 7.46. The molecule has 0 bridgehead atoms. The second-order valence-electron chi connectivity index (χ2n) is 5.09. The molecule has 1 aliphatic rings. The Labute approximate surface area is 126 Å². The van der Waals surface area contributed by atoms with Crippen LogP contribution in [0, 0.1) is 12.8 Å². The Morgan fingerprint density at radius 2 is 2.21 bits per heavy atom. The largest absolute Gasteiger partial charge is 0.368 e. The van der Waals surface area contributed by atoms with Crippen molar-refractivity contribution in [3.63, 3.8) is 0 Å². The average Bonchev–Trinajstić information content (AvgIpc) is 2.77. The number of aliphatic hydroxyl groups is 1. The van der Waals surface area contributed by atoms with Gasteiger partial charge in [0.2, 0.25) is 0 Å². The summed E-state index contributed by atoms with van der Waals surface area (Å²) in [6.07, 6.45) is 4.74. The lowest BCUT2D eigenvalue weighted by Crippen LogP contribution is -2.27. The Morgan fingerprint density at radius 1 is 1.53 bits per heavy atom. The van der Waals surface area contributed by atoms with Crippen LogP contribution >= 0.6 is 27.3 Å². The predicted octanol–water partition coefficient (Wildman–Crippen LogP) is 3.92. The third kappa shape index (κ3) is 4.12. The van der Waals surface area contributed by atoms with Gasteiger partial charge in [-0.2, -0.15) is 0 Å². The first-order valence-electron chi connectivity index (χ1n) is 6.66. The van der Waals surface area contributed by atoms with Gasteiger partial charge in [-0.15, -0.1) is 11.3 Å². The van der Waals surface area contributed by atoms with E-state index in [1.807, 2.05) is 13.0 Å². The molecule has 0 amide bonds. The standard InChI is InChI=1S/C14H19BrO3S/c1-9-7-12(19-13(9)15)11(16)8-18-14(17)10-5-3-2-4-6-10/h7,10,14,17H,2-6,8H2,1H3. The number of ketones is 1. The summed E-state index contributed by atoms with van der Waals surface area (Å²) in [5.74, 6) is 0.131. The van der Waals surface area contributed by atoms with Crippen LogP contribution in [-0.4, -0.2) is 23.8 Å². The summed E-state index contributed by atoms with van der Waals surface area (Å²) in [4.78, 5) is 12.6. The van der Waals surface area contributed by atoms with Gasteiger partial charge in [0.05, 0.1) is 8.66 Å². The van der Waals surface area contributed by atoms with Gasteiger partial charge in [-0.1, -0.05) is 19.3 Å². The van der Waals surface area contributed by atoms with Crippen LogP contribution < -0.4 is 0 Å². The van der Waals surface area contributed by atoms with Gasteiger partial charge in [-0.3, -0.25) is 4.79 Å². The van der Waals surface area contributed by atoms with E-state index in [0.29, 0.717) is 4.88 Å². The van der Waals surface area contributed by atoms with Crippen molar-refractivity contribution in [3.8, 4) is 0 Å². The fourth-order valence-electron chi connectivity index (χ4n) is 2.38. The van der Waals surface area contributed by atoms with Crippen LogP contribution in [0.1, 0.15) is 47.3 Å². The van der Waals surface area contributed by atoms with E-state index in [4.69, 9.17) is 4.74 Å². The maximum Gasteiger partial charge on any atom is 0.198 e.